The van der Waals surface area contributed by atoms with Crippen molar-refractivity contribution in [2.75, 3.05) is 32.1 Å². The fraction of sp³-hybridized carbons (Fsp3) is 0.273. The minimum atomic E-state index is -0.907. The molecule has 9 heteroatoms. The first-order valence-corrected chi connectivity index (χ1v) is 9.84. The summed E-state index contributed by atoms with van der Waals surface area (Å²) in [6, 6.07) is 13.5. The van der Waals surface area contributed by atoms with E-state index in [2.05, 4.69) is 15.8 Å². The second-order valence-electron chi connectivity index (χ2n) is 6.83. The number of likely N-dealkylation sites (tertiary alicyclic amines) is 1. The van der Waals surface area contributed by atoms with Gasteiger partial charge in [0.15, 0.2) is 6.61 Å². The van der Waals surface area contributed by atoms with Gasteiger partial charge < -0.3 is 19.7 Å². The number of nitrogens with zero attached hydrogens (tertiary/aromatic N) is 2. The molecule has 0 aliphatic carbocycles. The molecule has 31 heavy (non-hydrogen) atoms. The first kappa shape index (κ1) is 21.8. The van der Waals surface area contributed by atoms with Crippen LogP contribution in [0.15, 0.2) is 53.6 Å². The van der Waals surface area contributed by atoms with Gasteiger partial charge in [0.25, 0.3) is 5.91 Å². The zero-order chi connectivity index (χ0) is 22.1. The third-order valence-electron chi connectivity index (χ3n) is 4.61. The van der Waals surface area contributed by atoms with Crippen molar-refractivity contribution in [1.29, 1.82) is 0 Å². The first-order chi connectivity index (χ1) is 15.0. The van der Waals surface area contributed by atoms with Crippen LogP contribution in [0.1, 0.15) is 18.4 Å². The molecule has 2 aromatic rings. The lowest BCUT2D eigenvalue weighted by molar-refractivity contribution is -0.136. The van der Waals surface area contributed by atoms with Crippen LogP contribution in [0, 0.1) is 0 Å². The van der Waals surface area contributed by atoms with Crippen molar-refractivity contribution in [3.63, 3.8) is 0 Å². The Kier molecular flexibility index (Phi) is 7.58. The summed E-state index contributed by atoms with van der Waals surface area (Å²) in [5, 5.41) is 6.26. The van der Waals surface area contributed by atoms with Gasteiger partial charge in [0.05, 0.1) is 13.3 Å². The molecule has 0 bridgehead atoms. The lowest BCUT2D eigenvalue weighted by atomic mass is 10.2. The van der Waals surface area contributed by atoms with E-state index in [1.165, 1.54) is 13.3 Å². The molecule has 2 aromatic carbocycles. The maximum Gasteiger partial charge on any atom is 0.329 e. The highest BCUT2D eigenvalue weighted by molar-refractivity contribution is 6.39. The predicted molar refractivity (Wildman–Crippen MR) is 115 cm³/mol. The molecule has 2 N–H and O–H groups in total. The summed E-state index contributed by atoms with van der Waals surface area (Å²) >= 11 is 0. The Morgan fingerprint density at radius 2 is 1.77 bits per heavy atom. The average molecular weight is 424 g/mol. The number of carbonyl (C=O) groups is 3. The fourth-order valence-corrected chi connectivity index (χ4v) is 2.97. The van der Waals surface area contributed by atoms with Crippen molar-refractivity contribution in [3.8, 4) is 11.5 Å². The minimum absolute atomic E-state index is 0.0249. The summed E-state index contributed by atoms with van der Waals surface area (Å²) in [4.78, 5) is 37.7. The number of ether oxygens (including phenoxy) is 2. The van der Waals surface area contributed by atoms with Gasteiger partial charge in [-0.25, -0.2) is 5.43 Å². The number of hydrogen-bond donors (Lipinski definition) is 2. The zero-order valence-electron chi connectivity index (χ0n) is 17.2. The Balaban J connectivity index is 1.47. The van der Waals surface area contributed by atoms with Crippen molar-refractivity contribution in [2.45, 2.75) is 12.8 Å². The topological polar surface area (TPSA) is 109 Å². The third-order valence-corrected chi connectivity index (χ3v) is 4.61. The molecule has 0 saturated carbocycles. The molecule has 0 radical (unpaired) electrons. The first-order valence-electron chi connectivity index (χ1n) is 9.84. The lowest BCUT2D eigenvalue weighted by Gasteiger charge is -2.15. The summed E-state index contributed by atoms with van der Waals surface area (Å²) in [5.74, 6) is -0.638. The van der Waals surface area contributed by atoms with E-state index in [0.717, 1.165) is 25.9 Å². The number of methoxy groups -OCH3 is 1. The SMILES string of the molecule is COc1ccc(NC(=O)C(=O)N/N=C\c2cccc(OCC(=O)N3CCCC3)c2)cc1. The lowest BCUT2D eigenvalue weighted by Crippen LogP contribution is -2.32. The van der Waals surface area contributed by atoms with Crippen LogP contribution in [0.25, 0.3) is 0 Å². The molecule has 0 aromatic heterocycles. The molecule has 0 unspecified atom stereocenters. The Morgan fingerprint density at radius 3 is 2.48 bits per heavy atom. The molecule has 1 fully saturated rings. The van der Waals surface area contributed by atoms with E-state index in [9.17, 15) is 14.4 Å². The predicted octanol–water partition coefficient (Wildman–Crippen LogP) is 1.79. The minimum Gasteiger partial charge on any atom is -0.497 e. The van der Waals surface area contributed by atoms with E-state index < -0.39 is 11.8 Å². The molecule has 9 nitrogen and oxygen atoms in total. The monoisotopic (exact) mass is 424 g/mol. The van der Waals surface area contributed by atoms with E-state index >= 15 is 0 Å². The Bertz CT molecular complexity index is 953. The molecule has 3 rings (SSSR count). The third kappa shape index (κ3) is 6.56. The highest BCUT2D eigenvalue weighted by Crippen LogP contribution is 2.15. The van der Waals surface area contributed by atoms with Crippen LogP contribution >= 0.6 is 0 Å². The maximum atomic E-state index is 12.1. The summed E-state index contributed by atoms with van der Waals surface area (Å²) in [7, 11) is 1.54. The van der Waals surface area contributed by atoms with Gasteiger partial charge >= 0.3 is 11.8 Å². The maximum absolute atomic E-state index is 12.1. The molecule has 1 aliphatic rings. The molecule has 162 valence electrons. The number of hydrazone groups is 1. The average Bonchev–Trinajstić information content (AvgIpc) is 3.33. The number of hydrogen-bond acceptors (Lipinski definition) is 6. The van der Waals surface area contributed by atoms with Gasteiger partial charge in [0, 0.05) is 18.8 Å². The number of rotatable bonds is 7. The van der Waals surface area contributed by atoms with Crippen molar-refractivity contribution in [3.05, 3.63) is 54.1 Å². The number of nitrogens with one attached hydrogen (secondary N) is 2. The van der Waals surface area contributed by atoms with Crippen molar-refractivity contribution in [2.24, 2.45) is 5.10 Å². The van der Waals surface area contributed by atoms with Crippen molar-refractivity contribution >= 4 is 29.6 Å². The summed E-state index contributed by atoms with van der Waals surface area (Å²) < 4.78 is 10.6. The number of anilines is 1. The van der Waals surface area contributed by atoms with Crippen LogP contribution in [0.3, 0.4) is 0 Å². The summed E-state index contributed by atoms with van der Waals surface area (Å²) in [6.45, 7) is 1.53. The van der Waals surface area contributed by atoms with E-state index in [1.807, 2.05) is 0 Å². The molecule has 3 amide bonds. The van der Waals surface area contributed by atoms with Crippen LogP contribution in [0.2, 0.25) is 0 Å². The molecule has 1 heterocycles. The second kappa shape index (κ2) is 10.8. The van der Waals surface area contributed by atoms with Crippen molar-refractivity contribution in [1.82, 2.24) is 10.3 Å². The molecular formula is C22H24N4O5. The van der Waals surface area contributed by atoms with Crippen LogP contribution in [-0.4, -0.2) is 55.6 Å². The summed E-state index contributed by atoms with van der Waals surface area (Å²) in [5.41, 5.74) is 3.27. The van der Waals surface area contributed by atoms with Gasteiger partial charge in [-0.3, -0.25) is 14.4 Å². The smallest absolute Gasteiger partial charge is 0.329 e. The van der Waals surface area contributed by atoms with E-state index in [1.54, 1.807) is 53.4 Å². The number of carbonyl (C=O) groups excluding carboxylic acids is 3. The van der Waals surface area contributed by atoms with Gasteiger partial charge in [-0.15, -0.1) is 0 Å². The number of amides is 3. The Morgan fingerprint density at radius 1 is 1.03 bits per heavy atom. The van der Waals surface area contributed by atoms with Crippen LogP contribution in [-0.2, 0) is 14.4 Å². The Labute approximate surface area is 180 Å². The van der Waals surface area contributed by atoms with Gasteiger partial charge in [0.1, 0.15) is 11.5 Å². The fourth-order valence-electron chi connectivity index (χ4n) is 2.97. The van der Waals surface area contributed by atoms with Gasteiger partial charge in [-0.05, 0) is 54.8 Å². The summed E-state index contributed by atoms with van der Waals surface area (Å²) in [6.07, 6.45) is 3.44. The molecule has 0 spiro atoms. The second-order valence-corrected chi connectivity index (χ2v) is 6.83. The highest BCUT2D eigenvalue weighted by Gasteiger charge is 2.18. The Hall–Kier alpha value is -3.88. The van der Waals surface area contributed by atoms with Crippen LogP contribution in [0.5, 0.6) is 11.5 Å². The van der Waals surface area contributed by atoms with Gasteiger partial charge in [-0.1, -0.05) is 12.1 Å². The van der Waals surface area contributed by atoms with Gasteiger partial charge in [-0.2, -0.15) is 5.10 Å². The standard InChI is InChI=1S/C22H24N4O5/c1-30-18-9-7-17(8-10-18)24-21(28)22(29)25-23-14-16-5-4-6-19(13-16)31-15-20(27)26-11-2-3-12-26/h4-10,13-14H,2-3,11-12,15H2,1H3,(H,24,28)(H,25,29)/b23-14-. The van der Waals surface area contributed by atoms with Crippen LogP contribution < -0.4 is 20.2 Å². The van der Waals surface area contributed by atoms with E-state index in [4.69, 9.17) is 9.47 Å². The van der Waals surface area contributed by atoms with E-state index in [-0.39, 0.29) is 12.5 Å². The van der Waals surface area contributed by atoms with Crippen molar-refractivity contribution < 1.29 is 23.9 Å². The molecule has 1 saturated heterocycles. The van der Waals surface area contributed by atoms with Crippen LogP contribution in [0.4, 0.5) is 5.69 Å². The van der Waals surface area contributed by atoms with E-state index in [0.29, 0.717) is 22.7 Å². The number of benzene rings is 2. The largest absolute Gasteiger partial charge is 0.497 e. The molecule has 1 aliphatic heterocycles. The molecular weight excluding hydrogens is 400 g/mol. The normalized spacial score (nSPS) is 13.1. The zero-order valence-corrected chi connectivity index (χ0v) is 17.2. The quantitative estimate of drug-likeness (QED) is 0.400. The highest BCUT2D eigenvalue weighted by atomic mass is 16.5. The molecule has 0 atom stereocenters. The van der Waals surface area contributed by atoms with Gasteiger partial charge in [0.2, 0.25) is 0 Å².